The van der Waals surface area contributed by atoms with Crippen molar-refractivity contribution in [2.24, 2.45) is 0 Å². The summed E-state index contributed by atoms with van der Waals surface area (Å²) in [5, 5.41) is 10.8. The summed E-state index contributed by atoms with van der Waals surface area (Å²) in [5.74, 6) is 0.678. The van der Waals surface area contributed by atoms with E-state index >= 15 is 0 Å². The number of nitrogens with zero attached hydrogens (tertiary/aromatic N) is 2. The lowest BCUT2D eigenvalue weighted by atomic mass is 10.1. The fourth-order valence-corrected chi connectivity index (χ4v) is 3.32. The van der Waals surface area contributed by atoms with E-state index in [9.17, 15) is 5.26 Å². The number of methoxy groups -OCH3 is 1. The monoisotopic (exact) mass is 318 g/mol. The topological polar surface area (TPSA) is 45.9 Å². The van der Waals surface area contributed by atoms with E-state index in [1.807, 2.05) is 37.3 Å². The van der Waals surface area contributed by atoms with Crippen molar-refractivity contribution in [1.82, 2.24) is 4.98 Å². The Morgan fingerprint density at radius 1 is 1.33 bits per heavy atom. The number of benzene rings is 1. The smallest absolute Gasteiger partial charge is 0.115 e. The molecule has 3 nitrogen and oxygen atoms in total. The van der Waals surface area contributed by atoms with Crippen molar-refractivity contribution < 1.29 is 4.74 Å². The van der Waals surface area contributed by atoms with E-state index < -0.39 is 0 Å². The minimum atomic E-state index is 0.409. The Morgan fingerprint density at radius 3 is 2.76 bits per heavy atom. The van der Waals surface area contributed by atoms with Gasteiger partial charge in [-0.1, -0.05) is 29.8 Å². The van der Waals surface area contributed by atoms with E-state index in [1.54, 1.807) is 7.11 Å². The van der Waals surface area contributed by atoms with E-state index in [0.29, 0.717) is 17.9 Å². The molecule has 0 aliphatic rings. The summed E-state index contributed by atoms with van der Waals surface area (Å²) in [6, 6.07) is 11.8. The molecule has 21 heavy (non-hydrogen) atoms. The normalized spacial score (nSPS) is 10.4. The fourth-order valence-electron chi connectivity index (χ4n) is 1.96. The molecule has 0 radical (unpaired) electrons. The first-order valence-electron chi connectivity index (χ1n) is 6.41. The van der Waals surface area contributed by atoms with Crippen LogP contribution in [0, 0.1) is 18.3 Å². The molecule has 1 heterocycles. The molecular formula is C16H15ClN2OS. The summed E-state index contributed by atoms with van der Waals surface area (Å²) in [6.07, 6.45) is 0. The Kier molecular flexibility index (Phi) is 5.63. The van der Waals surface area contributed by atoms with Gasteiger partial charge in [0.1, 0.15) is 11.1 Å². The average Bonchev–Trinajstić information content (AvgIpc) is 2.46. The number of halogens is 1. The zero-order chi connectivity index (χ0) is 15.2. The quantitative estimate of drug-likeness (QED) is 0.769. The summed E-state index contributed by atoms with van der Waals surface area (Å²) in [7, 11) is 1.62. The highest BCUT2D eigenvalue weighted by molar-refractivity contribution is 7.98. The van der Waals surface area contributed by atoms with Gasteiger partial charge in [-0.05, 0) is 30.2 Å². The van der Waals surface area contributed by atoms with Crippen LogP contribution < -0.4 is 0 Å². The minimum absolute atomic E-state index is 0.409. The minimum Gasteiger partial charge on any atom is -0.380 e. The van der Waals surface area contributed by atoms with E-state index in [4.69, 9.17) is 16.3 Å². The van der Waals surface area contributed by atoms with Crippen LogP contribution in [0.5, 0.6) is 0 Å². The number of pyridine rings is 1. The van der Waals surface area contributed by atoms with Crippen molar-refractivity contribution in [2.45, 2.75) is 24.3 Å². The maximum atomic E-state index is 9.38. The predicted molar refractivity (Wildman–Crippen MR) is 85.4 cm³/mol. The van der Waals surface area contributed by atoms with Gasteiger partial charge in [0.05, 0.1) is 12.2 Å². The molecule has 0 bridgehead atoms. The third-order valence-corrected chi connectivity index (χ3v) is 4.32. The molecule has 0 N–H and O–H groups in total. The Morgan fingerprint density at radius 2 is 2.10 bits per heavy atom. The molecule has 2 rings (SSSR count). The van der Waals surface area contributed by atoms with Crippen molar-refractivity contribution in [3.63, 3.8) is 0 Å². The van der Waals surface area contributed by atoms with Gasteiger partial charge in [-0.2, -0.15) is 5.26 Å². The Bertz CT molecular complexity index is 682. The Hall–Kier alpha value is -1.54. The van der Waals surface area contributed by atoms with Crippen LogP contribution in [0.1, 0.15) is 22.4 Å². The summed E-state index contributed by atoms with van der Waals surface area (Å²) >= 11 is 7.68. The molecule has 0 unspecified atom stereocenters. The summed E-state index contributed by atoms with van der Waals surface area (Å²) in [4.78, 5) is 4.47. The van der Waals surface area contributed by atoms with Crippen LogP contribution in [0.25, 0.3) is 0 Å². The van der Waals surface area contributed by atoms with E-state index in [1.165, 1.54) is 11.8 Å². The second-order valence-electron chi connectivity index (χ2n) is 4.53. The highest BCUT2D eigenvalue weighted by atomic mass is 35.5. The first kappa shape index (κ1) is 15.8. The molecule has 0 saturated heterocycles. The molecule has 0 spiro atoms. The van der Waals surface area contributed by atoms with Gasteiger partial charge in [0.2, 0.25) is 0 Å². The molecule has 0 saturated carbocycles. The number of hydrogen-bond acceptors (Lipinski definition) is 4. The van der Waals surface area contributed by atoms with Crippen LogP contribution in [0.15, 0.2) is 35.4 Å². The van der Waals surface area contributed by atoms with Gasteiger partial charge in [0, 0.05) is 23.6 Å². The van der Waals surface area contributed by atoms with E-state index in [-0.39, 0.29) is 0 Å². The van der Waals surface area contributed by atoms with Gasteiger partial charge in [0.25, 0.3) is 0 Å². The summed E-state index contributed by atoms with van der Waals surface area (Å²) in [6.45, 7) is 2.33. The average molecular weight is 319 g/mol. The third-order valence-electron chi connectivity index (χ3n) is 2.93. The van der Waals surface area contributed by atoms with Crippen molar-refractivity contribution in [3.05, 3.63) is 57.7 Å². The van der Waals surface area contributed by atoms with Gasteiger partial charge in [-0.3, -0.25) is 0 Å². The van der Waals surface area contributed by atoms with Crippen molar-refractivity contribution >= 4 is 23.4 Å². The van der Waals surface area contributed by atoms with Crippen LogP contribution in [0.4, 0.5) is 0 Å². The number of rotatable bonds is 5. The van der Waals surface area contributed by atoms with Crippen molar-refractivity contribution in [2.75, 3.05) is 7.11 Å². The SMILES string of the molecule is COCc1cc(C)nc(SCc2ccccc2Cl)c1C#N. The largest absolute Gasteiger partial charge is 0.380 e. The Labute approximate surface area is 133 Å². The molecule has 1 aromatic heterocycles. The van der Waals surface area contributed by atoms with E-state index in [2.05, 4.69) is 11.1 Å². The van der Waals surface area contributed by atoms with Crippen molar-refractivity contribution in [1.29, 1.82) is 5.26 Å². The van der Waals surface area contributed by atoms with Gasteiger partial charge >= 0.3 is 0 Å². The van der Waals surface area contributed by atoms with Crippen LogP contribution in [-0.4, -0.2) is 12.1 Å². The molecule has 1 aromatic carbocycles. The molecule has 108 valence electrons. The molecule has 5 heteroatoms. The van der Waals surface area contributed by atoms with Crippen molar-refractivity contribution in [3.8, 4) is 6.07 Å². The Balaban J connectivity index is 2.27. The molecular weight excluding hydrogens is 304 g/mol. The number of ether oxygens (including phenoxy) is 1. The summed E-state index contributed by atoms with van der Waals surface area (Å²) in [5.41, 5.74) is 3.36. The maximum absolute atomic E-state index is 9.38. The van der Waals surface area contributed by atoms with Gasteiger partial charge < -0.3 is 4.74 Å². The zero-order valence-electron chi connectivity index (χ0n) is 11.9. The lowest BCUT2D eigenvalue weighted by Crippen LogP contribution is -1.99. The second-order valence-corrected chi connectivity index (χ2v) is 5.90. The van der Waals surface area contributed by atoms with Crippen LogP contribution in [0.2, 0.25) is 5.02 Å². The predicted octanol–water partition coefficient (Wildman–Crippen LogP) is 4.35. The second kappa shape index (κ2) is 7.46. The lowest BCUT2D eigenvalue weighted by molar-refractivity contribution is 0.184. The number of aryl methyl sites for hydroxylation is 1. The highest BCUT2D eigenvalue weighted by Crippen LogP contribution is 2.29. The van der Waals surface area contributed by atoms with Gasteiger partial charge in [-0.15, -0.1) is 11.8 Å². The molecule has 0 amide bonds. The van der Waals surface area contributed by atoms with Crippen LogP contribution >= 0.6 is 23.4 Å². The number of thioether (sulfide) groups is 1. The molecule has 0 aliphatic carbocycles. The summed E-state index contributed by atoms with van der Waals surface area (Å²) < 4.78 is 5.15. The molecule has 0 atom stereocenters. The highest BCUT2D eigenvalue weighted by Gasteiger charge is 2.12. The van der Waals surface area contributed by atoms with Crippen LogP contribution in [0.3, 0.4) is 0 Å². The number of nitriles is 1. The lowest BCUT2D eigenvalue weighted by Gasteiger charge is -2.10. The number of aromatic nitrogens is 1. The maximum Gasteiger partial charge on any atom is 0.115 e. The number of hydrogen-bond donors (Lipinski definition) is 0. The first-order chi connectivity index (χ1) is 10.2. The zero-order valence-corrected chi connectivity index (χ0v) is 13.5. The standard InChI is InChI=1S/C16H15ClN2OS/c1-11-7-13(9-20-2)14(8-18)16(19-11)21-10-12-5-3-4-6-15(12)17/h3-7H,9-10H2,1-2H3. The molecule has 2 aromatic rings. The molecule has 0 fully saturated rings. The van der Waals surface area contributed by atoms with Gasteiger partial charge in [0.15, 0.2) is 0 Å². The van der Waals surface area contributed by atoms with E-state index in [0.717, 1.165) is 26.9 Å². The first-order valence-corrected chi connectivity index (χ1v) is 7.77. The third kappa shape index (κ3) is 3.98. The van der Waals surface area contributed by atoms with Crippen LogP contribution in [-0.2, 0) is 17.1 Å². The fraction of sp³-hybridized carbons (Fsp3) is 0.250. The molecule has 0 aliphatic heterocycles. The van der Waals surface area contributed by atoms with Gasteiger partial charge in [-0.25, -0.2) is 4.98 Å².